The molecule has 1 aromatic heterocycles. The van der Waals surface area contributed by atoms with Crippen LogP contribution in [0.3, 0.4) is 0 Å². The minimum Gasteiger partial charge on any atom is -0.487 e. The summed E-state index contributed by atoms with van der Waals surface area (Å²) in [5.41, 5.74) is 2.27. The van der Waals surface area contributed by atoms with Crippen LogP contribution in [0.5, 0.6) is 5.75 Å². The van der Waals surface area contributed by atoms with Crippen molar-refractivity contribution in [2.45, 2.75) is 32.4 Å². The first-order valence-electron chi connectivity index (χ1n) is 11.9. The Balaban J connectivity index is 1.45. The van der Waals surface area contributed by atoms with Crippen LogP contribution < -0.4 is 15.4 Å². The summed E-state index contributed by atoms with van der Waals surface area (Å²) in [6, 6.07) is 14.4. The molecular weight excluding hydrogens is 489 g/mol. The quantitative estimate of drug-likeness (QED) is 0.436. The second kappa shape index (κ2) is 11.8. The predicted octanol–water partition coefficient (Wildman–Crippen LogP) is 3.15. The molecule has 1 unspecified atom stereocenters. The first kappa shape index (κ1) is 26.0. The molecule has 0 bridgehead atoms. The first-order chi connectivity index (χ1) is 17.9. The molecule has 190 valence electrons. The molecule has 11 heteroatoms. The van der Waals surface area contributed by atoms with E-state index in [0.29, 0.717) is 59.2 Å². The second-order valence-corrected chi connectivity index (χ2v) is 9.27. The molecule has 0 saturated carbocycles. The molecule has 1 aliphatic heterocycles. The highest BCUT2D eigenvalue weighted by Gasteiger charge is 2.27. The number of nitrogens with zero attached hydrogens (tertiary/aromatic N) is 5. The van der Waals surface area contributed by atoms with Crippen LogP contribution in [0.15, 0.2) is 48.8 Å². The van der Waals surface area contributed by atoms with Gasteiger partial charge in [-0.3, -0.25) is 9.59 Å². The molecule has 2 amide bonds. The monoisotopic (exact) mass is 517 g/mol. The lowest BCUT2D eigenvalue weighted by Crippen LogP contribution is -2.31. The predicted molar refractivity (Wildman–Crippen MR) is 142 cm³/mol. The molecule has 1 saturated heterocycles. The van der Waals surface area contributed by atoms with Gasteiger partial charge in [0.25, 0.3) is 5.91 Å². The van der Waals surface area contributed by atoms with Crippen LogP contribution >= 0.6 is 9.24 Å². The Morgan fingerprint density at radius 2 is 2.00 bits per heavy atom. The number of aromatic nitrogens is 3. The van der Waals surface area contributed by atoms with Gasteiger partial charge in [-0.2, -0.15) is 10.2 Å². The van der Waals surface area contributed by atoms with Crippen LogP contribution in [0.25, 0.3) is 11.4 Å². The maximum atomic E-state index is 12.1. The Labute approximate surface area is 217 Å². The summed E-state index contributed by atoms with van der Waals surface area (Å²) in [4.78, 5) is 38.7. The van der Waals surface area contributed by atoms with E-state index in [9.17, 15) is 14.9 Å². The van der Waals surface area contributed by atoms with Crippen molar-refractivity contribution in [1.82, 2.24) is 25.2 Å². The van der Waals surface area contributed by atoms with E-state index in [1.54, 1.807) is 47.4 Å². The van der Waals surface area contributed by atoms with Gasteiger partial charge >= 0.3 is 0 Å². The van der Waals surface area contributed by atoms with E-state index < -0.39 is 0 Å². The average Bonchev–Trinajstić information content (AvgIpc) is 3.37. The molecule has 37 heavy (non-hydrogen) atoms. The third-order valence-corrected chi connectivity index (χ3v) is 6.07. The molecule has 0 radical (unpaired) electrons. The molecule has 0 aliphatic carbocycles. The highest BCUT2D eigenvalue weighted by Crippen LogP contribution is 2.27. The van der Waals surface area contributed by atoms with Crippen molar-refractivity contribution < 1.29 is 14.3 Å². The van der Waals surface area contributed by atoms with Gasteiger partial charge in [0.1, 0.15) is 24.3 Å². The molecule has 0 spiro atoms. The van der Waals surface area contributed by atoms with Crippen LogP contribution in [0.1, 0.15) is 36.2 Å². The van der Waals surface area contributed by atoms with Gasteiger partial charge in [-0.25, -0.2) is 9.97 Å². The summed E-state index contributed by atoms with van der Waals surface area (Å²) >= 11 is 0. The number of amides is 2. The Morgan fingerprint density at radius 3 is 2.70 bits per heavy atom. The van der Waals surface area contributed by atoms with Crippen LogP contribution in [-0.2, 0) is 4.79 Å². The number of ether oxygens (including phenoxy) is 1. The van der Waals surface area contributed by atoms with E-state index in [-0.39, 0.29) is 24.0 Å². The second-order valence-electron chi connectivity index (χ2n) is 8.86. The number of rotatable bonds is 8. The summed E-state index contributed by atoms with van der Waals surface area (Å²) in [5, 5.41) is 15.7. The zero-order valence-electron chi connectivity index (χ0n) is 20.6. The summed E-state index contributed by atoms with van der Waals surface area (Å²) in [6.07, 6.45) is 2.33. The van der Waals surface area contributed by atoms with Gasteiger partial charge in [0.05, 0.1) is 12.1 Å². The van der Waals surface area contributed by atoms with Gasteiger partial charge in [-0.1, -0.05) is 0 Å². The van der Waals surface area contributed by atoms with E-state index in [1.165, 1.54) is 6.33 Å². The number of hydrogen-bond donors (Lipinski definition) is 2. The van der Waals surface area contributed by atoms with Crippen LogP contribution in [0, 0.1) is 11.3 Å². The highest BCUT2D eigenvalue weighted by molar-refractivity contribution is 7.18. The van der Waals surface area contributed by atoms with Crippen molar-refractivity contribution in [3.63, 3.8) is 0 Å². The maximum Gasteiger partial charge on any atom is 0.251 e. The lowest BCUT2D eigenvalue weighted by atomic mass is 10.1. The number of benzene rings is 2. The molecule has 2 N–H and O–H groups in total. The normalized spacial score (nSPS) is 14.8. The van der Waals surface area contributed by atoms with Gasteiger partial charge in [-0.15, -0.1) is 9.24 Å². The number of likely N-dealkylation sites (tertiary alicyclic amines) is 1. The first-order valence-corrected chi connectivity index (χ1v) is 12.7. The molecule has 2 atom stereocenters. The standard InChI is InChI=1S/C26H28N7O3P/c1-16(2)30-25(35)17-3-6-20(7-4-17)31-26-29-15-28-24(32-26)18-5-8-22(19(11-18)12-27)36-21-9-10-33(13-21)23(34)14-37/h3-8,11,15-16,21H,9-10,13-14,37H2,1-2H3,(H,30,35)(H,28,29,31,32)/t21-/m1/s1. The molecule has 10 nitrogen and oxygen atoms in total. The number of nitrogens with one attached hydrogen (secondary N) is 2. The Bertz CT molecular complexity index is 1320. The summed E-state index contributed by atoms with van der Waals surface area (Å²) in [7, 11) is 2.44. The van der Waals surface area contributed by atoms with Crippen molar-refractivity contribution >= 4 is 32.7 Å². The SMILES string of the molecule is CC(C)NC(=O)c1ccc(Nc2ncnc(-c3ccc(O[C@@H]4CCN(C(=O)CP)C4)c(C#N)c3)n2)cc1. The van der Waals surface area contributed by atoms with Gasteiger partial charge in [0.15, 0.2) is 5.82 Å². The lowest BCUT2D eigenvalue weighted by Gasteiger charge is -2.17. The lowest BCUT2D eigenvalue weighted by molar-refractivity contribution is -0.127. The number of carbonyl (C=O) groups is 2. The van der Waals surface area contributed by atoms with E-state index in [4.69, 9.17) is 4.74 Å². The third-order valence-electron chi connectivity index (χ3n) is 5.72. The van der Waals surface area contributed by atoms with Gasteiger partial charge < -0.3 is 20.3 Å². The van der Waals surface area contributed by atoms with Crippen molar-refractivity contribution in [2.24, 2.45) is 0 Å². The molecule has 2 aromatic carbocycles. The smallest absolute Gasteiger partial charge is 0.251 e. The molecule has 2 heterocycles. The average molecular weight is 518 g/mol. The minimum atomic E-state index is -0.158. The highest BCUT2D eigenvalue weighted by atomic mass is 31.0. The third kappa shape index (κ3) is 6.57. The number of anilines is 2. The maximum absolute atomic E-state index is 12.1. The van der Waals surface area contributed by atoms with E-state index >= 15 is 0 Å². The molecule has 3 aromatic rings. The fourth-order valence-electron chi connectivity index (χ4n) is 3.89. The van der Waals surface area contributed by atoms with Gasteiger partial charge in [-0.05, 0) is 56.3 Å². The van der Waals surface area contributed by atoms with Gasteiger partial charge in [0, 0.05) is 42.0 Å². The Hall–Kier alpha value is -4.09. The molecule has 1 fully saturated rings. The van der Waals surface area contributed by atoms with Gasteiger partial charge in [0.2, 0.25) is 11.9 Å². The Morgan fingerprint density at radius 1 is 1.22 bits per heavy atom. The van der Waals surface area contributed by atoms with Crippen molar-refractivity contribution in [3.05, 3.63) is 59.9 Å². The number of nitriles is 1. The zero-order valence-corrected chi connectivity index (χ0v) is 21.8. The summed E-state index contributed by atoms with van der Waals surface area (Å²) < 4.78 is 6.05. The van der Waals surface area contributed by atoms with E-state index in [2.05, 4.69) is 40.9 Å². The van der Waals surface area contributed by atoms with E-state index in [1.807, 2.05) is 13.8 Å². The Kier molecular flexibility index (Phi) is 8.26. The van der Waals surface area contributed by atoms with Crippen molar-refractivity contribution in [3.8, 4) is 23.2 Å². The largest absolute Gasteiger partial charge is 0.487 e. The fraction of sp³-hybridized carbons (Fsp3) is 0.308. The zero-order chi connectivity index (χ0) is 26.4. The summed E-state index contributed by atoms with van der Waals surface area (Å²) in [6.45, 7) is 4.97. The molecular formula is C26H28N7O3P. The van der Waals surface area contributed by atoms with Crippen molar-refractivity contribution in [1.29, 1.82) is 5.26 Å². The topological polar surface area (TPSA) is 133 Å². The van der Waals surface area contributed by atoms with Crippen LogP contribution in [0.2, 0.25) is 0 Å². The molecule has 1 aliphatic rings. The van der Waals surface area contributed by atoms with Crippen molar-refractivity contribution in [2.75, 3.05) is 24.6 Å². The summed E-state index contributed by atoms with van der Waals surface area (Å²) in [5.74, 6) is 1.12. The number of hydrogen-bond acceptors (Lipinski definition) is 8. The number of carbonyl (C=O) groups excluding carboxylic acids is 2. The van der Waals surface area contributed by atoms with E-state index in [0.717, 1.165) is 6.42 Å². The van der Waals surface area contributed by atoms with Crippen LogP contribution in [0.4, 0.5) is 11.6 Å². The van der Waals surface area contributed by atoms with Crippen LogP contribution in [-0.4, -0.2) is 63.1 Å². The molecule has 4 rings (SSSR count). The fourth-order valence-corrected chi connectivity index (χ4v) is 4.15. The minimum absolute atomic E-state index is 0.0555.